The van der Waals surface area contributed by atoms with E-state index in [9.17, 15) is 22.4 Å². The quantitative estimate of drug-likeness (QED) is 0.379. The van der Waals surface area contributed by atoms with E-state index in [1.54, 1.807) is 23.9 Å². The molecule has 0 bridgehead atoms. The Morgan fingerprint density at radius 1 is 1.07 bits per heavy atom. The van der Waals surface area contributed by atoms with Gasteiger partial charge in [0.2, 0.25) is 21.8 Å². The average molecular weight is 454 g/mol. The number of hydrogen-bond donors (Lipinski definition) is 3. The first-order chi connectivity index (χ1) is 14.2. The van der Waals surface area contributed by atoms with Crippen molar-refractivity contribution in [1.29, 1.82) is 0 Å². The molecule has 2 rings (SSSR count). The van der Waals surface area contributed by atoms with E-state index in [0.717, 1.165) is 10.6 Å². The highest BCUT2D eigenvalue weighted by Gasteiger charge is 2.21. The number of carbonyl (C=O) groups is 2. The number of halogens is 1. The van der Waals surface area contributed by atoms with Gasteiger partial charge in [-0.2, -0.15) is 4.72 Å². The van der Waals surface area contributed by atoms with Crippen molar-refractivity contribution in [3.63, 3.8) is 0 Å². The molecular formula is C20H24FN3O4S2. The molecule has 0 unspecified atom stereocenters. The van der Waals surface area contributed by atoms with Gasteiger partial charge in [-0.3, -0.25) is 9.59 Å². The Balaban J connectivity index is 1.76. The van der Waals surface area contributed by atoms with E-state index in [0.29, 0.717) is 18.7 Å². The van der Waals surface area contributed by atoms with E-state index >= 15 is 0 Å². The predicted molar refractivity (Wildman–Crippen MR) is 115 cm³/mol. The Labute approximate surface area is 179 Å². The van der Waals surface area contributed by atoms with Gasteiger partial charge in [-0.15, -0.1) is 11.8 Å². The first-order valence-electron chi connectivity index (χ1n) is 9.23. The van der Waals surface area contributed by atoms with Crippen LogP contribution in [0.4, 0.5) is 10.1 Å². The molecule has 0 radical (unpaired) electrons. The lowest BCUT2D eigenvalue weighted by molar-refractivity contribution is -0.122. The Morgan fingerprint density at radius 3 is 2.30 bits per heavy atom. The summed E-state index contributed by atoms with van der Waals surface area (Å²) in [7, 11) is -3.88. The van der Waals surface area contributed by atoms with Gasteiger partial charge in [0.05, 0.1) is 10.9 Å². The fourth-order valence-corrected chi connectivity index (χ4v) is 4.49. The Morgan fingerprint density at radius 2 is 1.70 bits per heavy atom. The summed E-state index contributed by atoms with van der Waals surface area (Å²) in [4.78, 5) is 24.1. The number of thioether (sulfide) groups is 1. The maximum Gasteiger partial charge on any atom is 0.241 e. The number of carbonyl (C=O) groups excluding carboxylic acids is 2. The molecular weight excluding hydrogens is 429 g/mol. The monoisotopic (exact) mass is 453 g/mol. The third kappa shape index (κ3) is 7.77. The van der Waals surface area contributed by atoms with Crippen molar-refractivity contribution in [3.05, 3.63) is 54.3 Å². The SMILES string of the molecule is CC(=O)Nc1ccc(S(=O)(=O)N[C@@H](C)C(=O)NCCCSc2ccc(F)cc2)cc1. The van der Waals surface area contributed by atoms with Crippen LogP contribution in [0.15, 0.2) is 58.3 Å². The van der Waals surface area contributed by atoms with Crippen LogP contribution in [0.25, 0.3) is 0 Å². The van der Waals surface area contributed by atoms with E-state index < -0.39 is 22.0 Å². The van der Waals surface area contributed by atoms with Gasteiger partial charge in [-0.05, 0) is 67.6 Å². The molecule has 10 heteroatoms. The minimum atomic E-state index is -3.88. The summed E-state index contributed by atoms with van der Waals surface area (Å²) in [5.74, 6) is -0.246. The third-order valence-corrected chi connectivity index (χ3v) is 6.57. The lowest BCUT2D eigenvalue weighted by atomic mass is 10.3. The van der Waals surface area contributed by atoms with Gasteiger partial charge in [0.15, 0.2) is 0 Å². The summed E-state index contributed by atoms with van der Waals surface area (Å²) < 4.78 is 40.1. The van der Waals surface area contributed by atoms with Crippen LogP contribution in [-0.4, -0.2) is 38.6 Å². The zero-order valence-electron chi connectivity index (χ0n) is 16.6. The summed E-state index contributed by atoms with van der Waals surface area (Å²) in [5, 5.41) is 5.25. The van der Waals surface area contributed by atoms with Gasteiger partial charge < -0.3 is 10.6 Å². The van der Waals surface area contributed by atoms with Crippen LogP contribution in [0.1, 0.15) is 20.3 Å². The number of rotatable bonds is 10. The summed E-state index contributed by atoms with van der Waals surface area (Å²) in [6.07, 6.45) is 0.678. The van der Waals surface area contributed by atoms with Gasteiger partial charge in [0.25, 0.3) is 0 Å². The summed E-state index contributed by atoms with van der Waals surface area (Å²) >= 11 is 1.55. The van der Waals surface area contributed by atoms with Crippen molar-refractivity contribution in [2.75, 3.05) is 17.6 Å². The molecule has 162 valence electrons. The first-order valence-corrected chi connectivity index (χ1v) is 11.7. The topological polar surface area (TPSA) is 104 Å². The highest BCUT2D eigenvalue weighted by molar-refractivity contribution is 7.99. The van der Waals surface area contributed by atoms with E-state index in [4.69, 9.17) is 0 Å². The minimum absolute atomic E-state index is 0.00745. The fraction of sp³-hybridized carbons (Fsp3) is 0.300. The molecule has 2 aromatic carbocycles. The number of amides is 2. The van der Waals surface area contributed by atoms with E-state index in [2.05, 4.69) is 15.4 Å². The van der Waals surface area contributed by atoms with Crippen LogP contribution >= 0.6 is 11.8 Å². The first kappa shape index (κ1) is 23.8. The molecule has 3 N–H and O–H groups in total. The molecule has 7 nitrogen and oxygen atoms in total. The Kier molecular flexibility index (Phi) is 8.82. The maximum absolute atomic E-state index is 12.9. The van der Waals surface area contributed by atoms with Gasteiger partial charge in [-0.1, -0.05) is 0 Å². The van der Waals surface area contributed by atoms with Crippen LogP contribution in [0, 0.1) is 5.82 Å². The van der Waals surface area contributed by atoms with Crippen molar-refractivity contribution < 1.29 is 22.4 Å². The molecule has 0 aliphatic heterocycles. The van der Waals surface area contributed by atoms with Crippen molar-refractivity contribution in [1.82, 2.24) is 10.0 Å². The predicted octanol–water partition coefficient (Wildman–Crippen LogP) is 2.75. The molecule has 1 atom stereocenters. The van der Waals surface area contributed by atoms with Crippen molar-refractivity contribution >= 4 is 39.3 Å². The van der Waals surface area contributed by atoms with Gasteiger partial charge >= 0.3 is 0 Å². The fourth-order valence-electron chi connectivity index (χ4n) is 2.43. The molecule has 0 saturated heterocycles. The van der Waals surface area contributed by atoms with E-state index in [1.807, 2.05) is 0 Å². The molecule has 0 aliphatic rings. The summed E-state index contributed by atoms with van der Waals surface area (Å²) in [6, 6.07) is 10.9. The molecule has 0 aliphatic carbocycles. The Bertz CT molecular complexity index is 965. The largest absolute Gasteiger partial charge is 0.355 e. The lowest BCUT2D eigenvalue weighted by Crippen LogP contribution is -2.45. The summed E-state index contributed by atoms with van der Waals surface area (Å²) in [6.45, 7) is 3.21. The van der Waals surface area contributed by atoms with Crippen molar-refractivity contribution in [2.24, 2.45) is 0 Å². The van der Waals surface area contributed by atoms with E-state index in [1.165, 1.54) is 50.2 Å². The van der Waals surface area contributed by atoms with Crippen molar-refractivity contribution in [2.45, 2.75) is 36.1 Å². The number of anilines is 1. The number of nitrogens with one attached hydrogen (secondary N) is 3. The van der Waals surface area contributed by atoms with Crippen LogP contribution < -0.4 is 15.4 Å². The Hall–Kier alpha value is -2.43. The minimum Gasteiger partial charge on any atom is -0.355 e. The summed E-state index contributed by atoms with van der Waals surface area (Å²) in [5.41, 5.74) is 0.478. The van der Waals surface area contributed by atoms with Crippen LogP contribution in [0.2, 0.25) is 0 Å². The molecule has 0 saturated carbocycles. The van der Waals surface area contributed by atoms with Crippen molar-refractivity contribution in [3.8, 4) is 0 Å². The van der Waals surface area contributed by atoms with Crippen LogP contribution in [-0.2, 0) is 19.6 Å². The normalized spacial score (nSPS) is 12.2. The molecule has 2 aromatic rings. The number of benzene rings is 2. The second-order valence-corrected chi connectivity index (χ2v) is 9.38. The standard InChI is InChI=1S/C20H24FN3O4S2/c1-14(20(26)22-12-3-13-29-18-8-4-16(21)5-9-18)24-30(27,28)19-10-6-17(7-11-19)23-15(2)25/h4-11,14,24H,3,12-13H2,1-2H3,(H,22,26)(H,23,25)/t14-/m0/s1. The molecule has 0 heterocycles. The molecule has 0 aromatic heterocycles. The van der Waals surface area contributed by atoms with Gasteiger partial charge in [-0.25, -0.2) is 12.8 Å². The average Bonchev–Trinajstić information content (AvgIpc) is 2.68. The van der Waals surface area contributed by atoms with Gasteiger partial charge in [0.1, 0.15) is 5.82 Å². The smallest absolute Gasteiger partial charge is 0.241 e. The maximum atomic E-state index is 12.9. The van der Waals surface area contributed by atoms with Crippen LogP contribution in [0.5, 0.6) is 0 Å². The van der Waals surface area contributed by atoms with E-state index in [-0.39, 0.29) is 16.6 Å². The van der Waals surface area contributed by atoms with Crippen LogP contribution in [0.3, 0.4) is 0 Å². The second kappa shape index (κ2) is 11.1. The zero-order chi connectivity index (χ0) is 22.1. The third-order valence-electron chi connectivity index (χ3n) is 3.91. The highest BCUT2D eigenvalue weighted by Crippen LogP contribution is 2.18. The zero-order valence-corrected chi connectivity index (χ0v) is 18.3. The highest BCUT2D eigenvalue weighted by atomic mass is 32.2. The molecule has 2 amide bonds. The second-order valence-electron chi connectivity index (χ2n) is 6.50. The molecule has 30 heavy (non-hydrogen) atoms. The number of sulfonamides is 1. The lowest BCUT2D eigenvalue weighted by Gasteiger charge is -2.15. The van der Waals surface area contributed by atoms with Gasteiger partial charge in [0, 0.05) is 24.1 Å². The molecule has 0 fully saturated rings. The number of hydrogen-bond acceptors (Lipinski definition) is 5. The molecule has 0 spiro atoms.